The lowest BCUT2D eigenvalue weighted by Crippen LogP contribution is -2.01. The SMILES string of the molecule is O=C(O)c1ccc(COc2ccccc2/C=N\n2c(-c3ccccc3)n[nH]c2=S)cc1. The average molecular weight is 430 g/mol. The molecular weight excluding hydrogens is 412 g/mol. The van der Waals surface area contributed by atoms with Crippen molar-refractivity contribution in [1.29, 1.82) is 0 Å². The number of ether oxygens (including phenoxy) is 1. The minimum Gasteiger partial charge on any atom is -0.488 e. The Morgan fingerprint density at radius 1 is 1.06 bits per heavy atom. The average Bonchev–Trinajstić information content (AvgIpc) is 3.18. The number of benzene rings is 3. The molecule has 7 nitrogen and oxygen atoms in total. The summed E-state index contributed by atoms with van der Waals surface area (Å²) in [7, 11) is 0. The van der Waals surface area contributed by atoms with Gasteiger partial charge in [0.2, 0.25) is 4.77 Å². The maximum atomic E-state index is 11.0. The number of nitrogens with one attached hydrogen (secondary N) is 1. The third-order valence-electron chi connectivity index (χ3n) is 4.51. The molecule has 0 fully saturated rings. The lowest BCUT2D eigenvalue weighted by molar-refractivity contribution is 0.0697. The fraction of sp³-hybridized carbons (Fsp3) is 0.0435. The van der Waals surface area contributed by atoms with Crippen LogP contribution in [0.25, 0.3) is 11.4 Å². The molecule has 0 amide bonds. The second-order valence-corrected chi connectivity index (χ2v) is 6.99. The molecule has 31 heavy (non-hydrogen) atoms. The molecule has 0 atom stereocenters. The first-order valence-corrected chi connectivity index (χ1v) is 9.84. The van der Waals surface area contributed by atoms with E-state index in [0.717, 1.165) is 16.7 Å². The van der Waals surface area contributed by atoms with Crippen molar-refractivity contribution in [2.24, 2.45) is 5.10 Å². The van der Waals surface area contributed by atoms with Crippen LogP contribution in [0.4, 0.5) is 0 Å². The number of aromatic carboxylic acids is 1. The van der Waals surface area contributed by atoms with Gasteiger partial charge in [-0.25, -0.2) is 9.89 Å². The van der Waals surface area contributed by atoms with Crippen molar-refractivity contribution in [3.8, 4) is 17.1 Å². The Kier molecular flexibility index (Phi) is 6.00. The van der Waals surface area contributed by atoms with Crippen LogP contribution in [0.2, 0.25) is 0 Å². The van der Waals surface area contributed by atoms with E-state index in [-0.39, 0.29) is 5.56 Å². The molecule has 0 spiro atoms. The topological polar surface area (TPSA) is 92.5 Å². The summed E-state index contributed by atoms with van der Waals surface area (Å²) >= 11 is 5.32. The number of para-hydroxylation sites is 1. The highest BCUT2D eigenvalue weighted by atomic mass is 32.1. The van der Waals surface area contributed by atoms with E-state index >= 15 is 0 Å². The number of carbonyl (C=O) groups is 1. The van der Waals surface area contributed by atoms with Gasteiger partial charge in [0.05, 0.1) is 11.8 Å². The molecule has 154 valence electrons. The molecule has 0 aliphatic carbocycles. The molecule has 0 bridgehead atoms. The standard InChI is InChI=1S/C23H18N4O3S/c28-22(29)18-12-10-16(11-13-18)15-30-20-9-5-4-8-19(20)14-24-27-21(25-26-23(27)31)17-6-2-1-3-7-17/h1-14H,15H2,(H,26,31)(H,28,29)/b24-14-. The van der Waals surface area contributed by atoms with Crippen molar-refractivity contribution in [3.63, 3.8) is 0 Å². The fourth-order valence-electron chi connectivity index (χ4n) is 2.92. The first-order valence-electron chi connectivity index (χ1n) is 9.43. The summed E-state index contributed by atoms with van der Waals surface area (Å²) in [6.45, 7) is 0.297. The van der Waals surface area contributed by atoms with Crippen LogP contribution in [0.1, 0.15) is 21.5 Å². The molecule has 0 radical (unpaired) electrons. The first kappa shape index (κ1) is 20.2. The van der Waals surface area contributed by atoms with E-state index in [1.807, 2.05) is 54.6 Å². The molecule has 0 saturated carbocycles. The first-order chi connectivity index (χ1) is 15.1. The van der Waals surface area contributed by atoms with Crippen LogP contribution in [0.3, 0.4) is 0 Å². The maximum Gasteiger partial charge on any atom is 0.335 e. The van der Waals surface area contributed by atoms with Crippen LogP contribution in [-0.4, -0.2) is 32.2 Å². The maximum absolute atomic E-state index is 11.0. The Balaban J connectivity index is 1.55. The molecule has 1 aromatic heterocycles. The van der Waals surface area contributed by atoms with Gasteiger partial charge in [-0.1, -0.05) is 54.6 Å². The molecule has 1 heterocycles. The number of hydrogen-bond donors (Lipinski definition) is 2. The molecule has 2 N–H and O–H groups in total. The van der Waals surface area contributed by atoms with Crippen LogP contribution in [0.15, 0.2) is 84.0 Å². The highest BCUT2D eigenvalue weighted by Crippen LogP contribution is 2.20. The number of nitrogens with zero attached hydrogens (tertiary/aromatic N) is 3. The lowest BCUT2D eigenvalue weighted by atomic mass is 10.1. The van der Waals surface area contributed by atoms with E-state index < -0.39 is 5.97 Å². The Morgan fingerprint density at radius 2 is 1.77 bits per heavy atom. The summed E-state index contributed by atoms with van der Waals surface area (Å²) in [5, 5.41) is 20.6. The molecule has 0 aliphatic rings. The zero-order chi connectivity index (χ0) is 21.6. The zero-order valence-corrected chi connectivity index (χ0v) is 17.1. The summed E-state index contributed by atoms with van der Waals surface area (Å²) in [5.41, 5.74) is 2.76. The van der Waals surface area contributed by atoms with Gasteiger partial charge < -0.3 is 9.84 Å². The number of aromatic amines is 1. The number of carboxylic acid groups (broad SMARTS) is 1. The minimum absolute atomic E-state index is 0.238. The van der Waals surface area contributed by atoms with Gasteiger partial charge in [-0.2, -0.15) is 14.9 Å². The molecule has 4 rings (SSSR count). The summed E-state index contributed by atoms with van der Waals surface area (Å²) in [4.78, 5) is 11.0. The predicted octanol–water partition coefficient (Wildman–Crippen LogP) is 4.77. The van der Waals surface area contributed by atoms with Gasteiger partial charge in [0.15, 0.2) is 5.82 Å². The van der Waals surface area contributed by atoms with Gasteiger partial charge >= 0.3 is 5.97 Å². The van der Waals surface area contributed by atoms with E-state index in [9.17, 15) is 4.79 Å². The summed E-state index contributed by atoms with van der Waals surface area (Å²) < 4.78 is 7.88. The summed E-state index contributed by atoms with van der Waals surface area (Å²) in [5.74, 6) is 0.297. The number of hydrogen-bond acceptors (Lipinski definition) is 5. The number of carboxylic acids is 1. The summed E-state index contributed by atoms with van der Waals surface area (Å²) in [6, 6.07) is 23.7. The van der Waals surface area contributed by atoms with E-state index in [1.54, 1.807) is 35.2 Å². The second kappa shape index (κ2) is 9.19. The van der Waals surface area contributed by atoms with Crippen molar-refractivity contribution in [2.45, 2.75) is 6.61 Å². The molecule has 0 saturated heterocycles. The smallest absolute Gasteiger partial charge is 0.335 e. The van der Waals surface area contributed by atoms with Crippen molar-refractivity contribution in [3.05, 3.63) is 100 Å². The van der Waals surface area contributed by atoms with Crippen molar-refractivity contribution in [2.75, 3.05) is 0 Å². The van der Waals surface area contributed by atoms with Gasteiger partial charge in [-0.3, -0.25) is 0 Å². The van der Waals surface area contributed by atoms with Crippen molar-refractivity contribution < 1.29 is 14.6 Å². The lowest BCUT2D eigenvalue weighted by Gasteiger charge is -2.09. The normalized spacial score (nSPS) is 11.0. The Labute approximate surface area is 183 Å². The molecular formula is C23H18N4O3S. The monoisotopic (exact) mass is 430 g/mol. The third kappa shape index (κ3) is 4.76. The molecule has 4 aromatic rings. The molecule has 8 heteroatoms. The summed E-state index contributed by atoms with van der Waals surface area (Å²) in [6.07, 6.45) is 1.67. The van der Waals surface area contributed by atoms with E-state index in [2.05, 4.69) is 15.3 Å². The van der Waals surface area contributed by atoms with Gasteiger partial charge in [-0.05, 0) is 42.0 Å². The van der Waals surface area contributed by atoms with Gasteiger partial charge in [0, 0.05) is 11.1 Å². The van der Waals surface area contributed by atoms with Crippen LogP contribution in [0.5, 0.6) is 5.75 Å². The van der Waals surface area contributed by atoms with Crippen molar-refractivity contribution in [1.82, 2.24) is 14.9 Å². The predicted molar refractivity (Wildman–Crippen MR) is 120 cm³/mol. The zero-order valence-electron chi connectivity index (χ0n) is 16.3. The van der Waals surface area contributed by atoms with Crippen LogP contribution < -0.4 is 4.74 Å². The third-order valence-corrected chi connectivity index (χ3v) is 4.77. The molecule has 0 unspecified atom stereocenters. The molecule has 0 aliphatic heterocycles. The number of H-pyrrole nitrogens is 1. The van der Waals surface area contributed by atoms with Crippen LogP contribution >= 0.6 is 12.2 Å². The highest BCUT2D eigenvalue weighted by molar-refractivity contribution is 7.71. The quantitative estimate of drug-likeness (QED) is 0.326. The Bertz CT molecular complexity index is 1280. The van der Waals surface area contributed by atoms with Crippen LogP contribution in [0, 0.1) is 4.77 Å². The van der Waals surface area contributed by atoms with E-state index in [0.29, 0.717) is 23.0 Å². The Hall–Kier alpha value is -4.04. The van der Waals surface area contributed by atoms with E-state index in [4.69, 9.17) is 22.1 Å². The van der Waals surface area contributed by atoms with Gasteiger partial charge in [-0.15, -0.1) is 0 Å². The minimum atomic E-state index is -0.957. The van der Waals surface area contributed by atoms with Crippen molar-refractivity contribution >= 4 is 24.4 Å². The number of rotatable bonds is 7. The van der Waals surface area contributed by atoms with Crippen LogP contribution in [-0.2, 0) is 6.61 Å². The highest BCUT2D eigenvalue weighted by Gasteiger charge is 2.08. The largest absolute Gasteiger partial charge is 0.488 e. The molecule has 3 aromatic carbocycles. The van der Waals surface area contributed by atoms with E-state index in [1.165, 1.54) is 0 Å². The van der Waals surface area contributed by atoms with Gasteiger partial charge in [0.1, 0.15) is 12.4 Å². The fourth-order valence-corrected chi connectivity index (χ4v) is 3.10. The Morgan fingerprint density at radius 3 is 2.52 bits per heavy atom. The number of aromatic nitrogens is 3. The van der Waals surface area contributed by atoms with Gasteiger partial charge in [0.25, 0.3) is 0 Å². The second-order valence-electron chi connectivity index (χ2n) is 6.60.